The summed E-state index contributed by atoms with van der Waals surface area (Å²) in [5.41, 5.74) is -9.84. The topological polar surface area (TPSA) is 124 Å². The van der Waals surface area contributed by atoms with E-state index in [2.05, 4.69) is 49.3 Å². The van der Waals surface area contributed by atoms with Crippen LogP contribution >= 0.6 is 0 Å². The van der Waals surface area contributed by atoms with Crippen LogP contribution in [0.15, 0.2) is 24.3 Å². The van der Waals surface area contributed by atoms with Crippen molar-refractivity contribution in [3.63, 3.8) is 0 Å². The highest BCUT2D eigenvalue weighted by molar-refractivity contribution is 7.99. The third-order valence-corrected chi connectivity index (χ3v) is 7.03. The summed E-state index contributed by atoms with van der Waals surface area (Å²) in [6.07, 6.45) is 9.32. The normalized spacial score (nSPS) is 13.6. The Hall–Kier alpha value is -0.880. The lowest BCUT2D eigenvalue weighted by Gasteiger charge is -2.12. The second kappa shape index (κ2) is 13.1. The molecule has 190 valence electrons. The fourth-order valence-electron chi connectivity index (χ4n) is 1.63. The smallest absolute Gasteiger partial charge is 0.485 e. The largest absolute Gasteiger partial charge is 0.741 e. The van der Waals surface area contributed by atoms with Gasteiger partial charge >= 0.3 is 11.0 Å². The molecule has 1 unspecified atom stereocenters. The summed E-state index contributed by atoms with van der Waals surface area (Å²) in [4.78, 5) is 0. The van der Waals surface area contributed by atoms with E-state index in [1.807, 2.05) is 0 Å². The van der Waals surface area contributed by atoms with Gasteiger partial charge in [-0.3, -0.25) is 0 Å². The first-order valence-electron chi connectivity index (χ1n) is 7.83. The molecule has 0 aliphatic heterocycles. The minimum absolute atomic E-state index is 0.433. The highest BCUT2D eigenvalue weighted by Crippen LogP contribution is 2.25. The maximum absolute atomic E-state index is 10.7. The van der Waals surface area contributed by atoms with Crippen molar-refractivity contribution in [2.45, 2.75) is 16.3 Å². The fraction of sp³-hybridized carbons (Fsp3) is 0.600. The maximum atomic E-state index is 10.7. The predicted molar refractivity (Wildman–Crippen MR) is 111 cm³/mol. The lowest BCUT2D eigenvalue weighted by Crippen LogP contribution is -2.21. The van der Waals surface area contributed by atoms with Gasteiger partial charge < -0.3 is 13.8 Å². The van der Waals surface area contributed by atoms with E-state index in [1.54, 1.807) is 7.11 Å². The molecule has 0 saturated carbocycles. The first kappa shape index (κ1) is 33.3. The molecule has 0 amide bonds. The fourth-order valence-corrected chi connectivity index (χ4v) is 5.03. The van der Waals surface area contributed by atoms with Crippen molar-refractivity contribution in [2.24, 2.45) is 0 Å². The third-order valence-electron chi connectivity index (χ3n) is 3.11. The Balaban J connectivity index is 0. The van der Waals surface area contributed by atoms with Crippen molar-refractivity contribution in [2.75, 3.05) is 37.9 Å². The molecular weight excluding hydrogens is 534 g/mol. The number of alkyl halides is 6. The van der Waals surface area contributed by atoms with Crippen LogP contribution in [-0.2, 0) is 42.0 Å². The first-order chi connectivity index (χ1) is 14.0. The molecule has 0 aromatic heterocycles. The minimum Gasteiger partial charge on any atom is -0.741 e. The Morgan fingerprint density at radius 3 is 1.34 bits per heavy atom. The van der Waals surface area contributed by atoms with Crippen molar-refractivity contribution < 1.29 is 57.0 Å². The molecule has 1 rings (SSSR count). The number of methoxy groups -OCH3 is 1. The summed E-state index contributed by atoms with van der Waals surface area (Å²) in [7, 11) is -9.53. The zero-order valence-electron chi connectivity index (χ0n) is 17.4. The SMILES string of the molecule is COc1ccc(C(C[S+](C)C)[S+](C)C)cc1.O=S(=O)([O-])C(F)(F)F.O=S(=O)([O-])C(F)(F)F. The molecule has 17 heteroatoms. The lowest BCUT2D eigenvalue weighted by atomic mass is 10.1. The Morgan fingerprint density at radius 1 is 0.844 bits per heavy atom. The standard InChI is InChI=1S/C13H22OS2.2CHF3O3S/c1-14-12-8-6-11(7-9-12)13(16(4)5)10-15(2)3;2*2-1(3,4)8(5,6)7/h6-9,13H,10H2,1-5H3;2*(H,5,6,7)/q+2;;/p-2. The second-order valence-electron chi connectivity index (χ2n) is 6.09. The van der Waals surface area contributed by atoms with Gasteiger partial charge in [-0.15, -0.1) is 0 Å². The number of benzene rings is 1. The van der Waals surface area contributed by atoms with Crippen LogP contribution in [0.4, 0.5) is 26.3 Å². The molecule has 0 bridgehead atoms. The van der Waals surface area contributed by atoms with Crippen molar-refractivity contribution >= 4 is 42.0 Å². The zero-order valence-corrected chi connectivity index (χ0v) is 20.6. The number of hydrogen-bond acceptors (Lipinski definition) is 7. The van der Waals surface area contributed by atoms with E-state index in [1.165, 1.54) is 11.3 Å². The Kier molecular flexibility index (Phi) is 13.7. The van der Waals surface area contributed by atoms with Crippen LogP contribution in [0.5, 0.6) is 5.75 Å². The molecule has 0 aliphatic carbocycles. The van der Waals surface area contributed by atoms with E-state index in [-0.39, 0.29) is 0 Å². The van der Waals surface area contributed by atoms with Crippen LogP contribution < -0.4 is 4.74 Å². The molecule has 7 nitrogen and oxygen atoms in total. The van der Waals surface area contributed by atoms with Crippen molar-refractivity contribution in [1.82, 2.24) is 0 Å². The van der Waals surface area contributed by atoms with Gasteiger partial charge in [-0.1, -0.05) is 12.1 Å². The summed E-state index contributed by atoms with van der Waals surface area (Å²) in [6.45, 7) is 0. The molecule has 32 heavy (non-hydrogen) atoms. The van der Waals surface area contributed by atoms with Gasteiger partial charge in [0, 0.05) is 5.56 Å². The molecule has 1 aromatic carbocycles. The van der Waals surface area contributed by atoms with Crippen molar-refractivity contribution in [1.29, 1.82) is 0 Å². The average Bonchev–Trinajstić information content (AvgIpc) is 2.57. The van der Waals surface area contributed by atoms with Crippen LogP contribution in [0.3, 0.4) is 0 Å². The number of ether oxygens (including phenoxy) is 1. The molecular formula is C15H22F6O7S4. The van der Waals surface area contributed by atoms with Gasteiger partial charge in [0.1, 0.15) is 5.75 Å². The van der Waals surface area contributed by atoms with E-state index in [9.17, 15) is 26.3 Å². The van der Waals surface area contributed by atoms with E-state index in [0.29, 0.717) is 27.0 Å². The maximum Gasteiger partial charge on any atom is 0.485 e. The van der Waals surface area contributed by atoms with Crippen LogP contribution in [0.2, 0.25) is 0 Å². The highest BCUT2D eigenvalue weighted by Gasteiger charge is 2.37. The monoisotopic (exact) mass is 556 g/mol. The lowest BCUT2D eigenvalue weighted by molar-refractivity contribution is -0.0522. The van der Waals surface area contributed by atoms with Gasteiger partial charge in [0.15, 0.2) is 31.2 Å². The van der Waals surface area contributed by atoms with Gasteiger partial charge in [0.25, 0.3) is 0 Å². The molecule has 0 aliphatic rings. The predicted octanol–water partition coefficient (Wildman–Crippen LogP) is 2.59. The van der Waals surface area contributed by atoms with E-state index in [0.717, 1.165) is 5.75 Å². The van der Waals surface area contributed by atoms with Crippen molar-refractivity contribution in [3.8, 4) is 5.75 Å². The Labute approximate surface area is 188 Å². The molecule has 1 aromatic rings. The van der Waals surface area contributed by atoms with Gasteiger partial charge in [-0.2, -0.15) is 26.3 Å². The van der Waals surface area contributed by atoms with Crippen LogP contribution in [0, 0.1) is 0 Å². The summed E-state index contributed by atoms with van der Waals surface area (Å²) in [5.74, 6) is 2.24. The summed E-state index contributed by atoms with van der Waals surface area (Å²) in [6, 6.07) is 8.56. The molecule has 0 spiro atoms. The highest BCUT2D eigenvalue weighted by atomic mass is 32.2. The van der Waals surface area contributed by atoms with E-state index in [4.69, 9.17) is 30.7 Å². The first-order valence-corrected chi connectivity index (χ1v) is 15.0. The molecule has 0 N–H and O–H groups in total. The number of hydrogen-bond donors (Lipinski definition) is 0. The summed E-state index contributed by atoms with van der Waals surface area (Å²) in [5, 5.41) is 0.698. The molecule has 0 fully saturated rings. The van der Waals surface area contributed by atoms with E-state index >= 15 is 0 Å². The van der Waals surface area contributed by atoms with Crippen LogP contribution in [0.1, 0.15) is 10.8 Å². The average molecular weight is 557 g/mol. The van der Waals surface area contributed by atoms with Crippen LogP contribution in [0.25, 0.3) is 0 Å². The molecule has 0 radical (unpaired) electrons. The van der Waals surface area contributed by atoms with E-state index < -0.39 is 31.3 Å². The number of rotatable bonds is 5. The third kappa shape index (κ3) is 13.6. The van der Waals surface area contributed by atoms with Gasteiger partial charge in [-0.25, -0.2) is 16.8 Å². The van der Waals surface area contributed by atoms with Crippen molar-refractivity contribution in [3.05, 3.63) is 29.8 Å². The number of halogens is 6. The summed E-state index contributed by atoms with van der Waals surface area (Å²) >= 11 is 0. The second-order valence-corrected chi connectivity index (χ2v) is 13.5. The Bertz CT molecular complexity index is 838. The minimum atomic E-state index is -6.09. The van der Waals surface area contributed by atoms with Gasteiger partial charge in [0.2, 0.25) is 0 Å². The molecule has 0 heterocycles. The zero-order chi connectivity index (χ0) is 26.1. The quantitative estimate of drug-likeness (QED) is 0.236. The van der Waals surface area contributed by atoms with Gasteiger partial charge in [0.05, 0.1) is 32.1 Å². The molecule has 1 atom stereocenters. The Morgan fingerprint density at radius 2 is 1.16 bits per heavy atom. The molecule has 0 saturated heterocycles. The van der Waals surface area contributed by atoms with Crippen LogP contribution in [-0.4, -0.2) is 74.8 Å². The summed E-state index contributed by atoms with van der Waals surface area (Å²) < 4.78 is 123. The van der Waals surface area contributed by atoms with Gasteiger partial charge in [-0.05, 0) is 33.9 Å².